The van der Waals surface area contributed by atoms with Gasteiger partial charge in [0.1, 0.15) is 0 Å². The summed E-state index contributed by atoms with van der Waals surface area (Å²) in [7, 11) is 0. The van der Waals surface area contributed by atoms with Crippen molar-refractivity contribution in [1.29, 1.82) is 0 Å². The molecule has 1 saturated carbocycles. The zero-order valence-electron chi connectivity index (χ0n) is 8.35. The van der Waals surface area contributed by atoms with Gasteiger partial charge in [0.2, 0.25) is 0 Å². The molecule has 1 aliphatic rings. The Morgan fingerprint density at radius 2 is 2.20 bits per heavy atom. The molecular formula is C11H13NO3. The highest BCUT2D eigenvalue weighted by molar-refractivity contribution is 5.87. The smallest absolute Gasteiger partial charge is 0.337 e. The van der Waals surface area contributed by atoms with E-state index in [4.69, 9.17) is 5.11 Å². The van der Waals surface area contributed by atoms with Crippen LogP contribution in [0, 0.1) is 5.92 Å². The molecule has 0 atom stereocenters. The van der Waals surface area contributed by atoms with E-state index in [0.29, 0.717) is 12.5 Å². The molecule has 80 valence electrons. The van der Waals surface area contributed by atoms with Crippen molar-refractivity contribution in [2.75, 3.05) is 0 Å². The molecule has 0 radical (unpaired) electrons. The second-order valence-corrected chi connectivity index (χ2v) is 4.01. The molecule has 0 saturated heterocycles. The molecule has 4 nitrogen and oxygen atoms in total. The third kappa shape index (κ3) is 2.09. The summed E-state index contributed by atoms with van der Waals surface area (Å²) in [6, 6.07) is 2.67. The lowest BCUT2D eigenvalue weighted by atomic mass is 9.85. The van der Waals surface area contributed by atoms with Gasteiger partial charge in [-0.25, -0.2) is 4.79 Å². The highest BCUT2D eigenvalue weighted by atomic mass is 16.4. The number of carboxylic acids is 1. The first-order valence-corrected chi connectivity index (χ1v) is 5.10. The quantitative estimate of drug-likeness (QED) is 0.813. The first-order valence-electron chi connectivity index (χ1n) is 5.10. The lowest BCUT2D eigenvalue weighted by Crippen LogP contribution is -2.27. The molecule has 1 aromatic heterocycles. The fourth-order valence-corrected chi connectivity index (χ4v) is 1.75. The van der Waals surface area contributed by atoms with Crippen molar-refractivity contribution in [3.63, 3.8) is 0 Å². The Bertz CT molecular complexity index is 432. The molecule has 1 aromatic rings. The number of hydrogen-bond acceptors (Lipinski definition) is 2. The van der Waals surface area contributed by atoms with Crippen LogP contribution in [0.5, 0.6) is 0 Å². The van der Waals surface area contributed by atoms with Gasteiger partial charge >= 0.3 is 5.97 Å². The number of pyridine rings is 1. The van der Waals surface area contributed by atoms with Crippen LogP contribution in [0.1, 0.15) is 29.6 Å². The van der Waals surface area contributed by atoms with E-state index in [1.165, 1.54) is 29.3 Å². The summed E-state index contributed by atoms with van der Waals surface area (Å²) >= 11 is 0. The monoisotopic (exact) mass is 207 g/mol. The Hall–Kier alpha value is -1.58. The predicted molar refractivity (Wildman–Crippen MR) is 55.0 cm³/mol. The van der Waals surface area contributed by atoms with Crippen LogP contribution in [0.4, 0.5) is 0 Å². The third-order valence-electron chi connectivity index (χ3n) is 2.91. The summed E-state index contributed by atoms with van der Waals surface area (Å²) in [5.74, 6) is -0.441. The Balaban J connectivity index is 2.23. The summed E-state index contributed by atoms with van der Waals surface area (Å²) < 4.78 is 1.51. The van der Waals surface area contributed by atoms with Crippen LogP contribution in [0.15, 0.2) is 23.1 Å². The molecule has 0 unspecified atom stereocenters. The second-order valence-electron chi connectivity index (χ2n) is 4.01. The zero-order chi connectivity index (χ0) is 10.8. The number of aromatic carboxylic acids is 1. The van der Waals surface area contributed by atoms with E-state index >= 15 is 0 Å². The van der Waals surface area contributed by atoms with Gasteiger partial charge in [0.05, 0.1) is 5.56 Å². The standard InChI is InChI=1S/C11H13NO3/c13-10-5-4-9(11(14)15)7-12(10)6-8-2-1-3-8/h4-5,7-8H,1-3,6H2,(H,14,15). The van der Waals surface area contributed by atoms with Crippen molar-refractivity contribution in [3.8, 4) is 0 Å². The number of carbonyl (C=O) groups is 1. The zero-order valence-corrected chi connectivity index (χ0v) is 8.35. The highest BCUT2D eigenvalue weighted by Crippen LogP contribution is 2.27. The lowest BCUT2D eigenvalue weighted by molar-refractivity contribution is 0.0695. The van der Waals surface area contributed by atoms with E-state index in [1.54, 1.807) is 0 Å². The van der Waals surface area contributed by atoms with Crippen molar-refractivity contribution in [2.45, 2.75) is 25.8 Å². The van der Waals surface area contributed by atoms with Gasteiger partial charge in [-0.2, -0.15) is 0 Å². The lowest BCUT2D eigenvalue weighted by Gasteiger charge is -2.25. The Labute approximate surface area is 87.2 Å². The van der Waals surface area contributed by atoms with E-state index in [1.807, 2.05) is 0 Å². The van der Waals surface area contributed by atoms with Crippen LogP contribution >= 0.6 is 0 Å². The maximum Gasteiger partial charge on any atom is 0.337 e. The molecule has 0 spiro atoms. The minimum Gasteiger partial charge on any atom is -0.478 e. The topological polar surface area (TPSA) is 59.3 Å². The van der Waals surface area contributed by atoms with E-state index in [0.717, 1.165) is 12.8 Å². The molecule has 1 heterocycles. The molecule has 1 N–H and O–H groups in total. The van der Waals surface area contributed by atoms with E-state index in [-0.39, 0.29) is 11.1 Å². The summed E-state index contributed by atoms with van der Waals surface area (Å²) in [5.41, 5.74) is 0.0563. The minimum atomic E-state index is -0.989. The van der Waals surface area contributed by atoms with Crippen LogP contribution in [0.25, 0.3) is 0 Å². The highest BCUT2D eigenvalue weighted by Gasteiger charge is 2.18. The van der Waals surface area contributed by atoms with E-state index < -0.39 is 5.97 Å². The van der Waals surface area contributed by atoms with Crippen molar-refractivity contribution in [3.05, 3.63) is 34.2 Å². The summed E-state index contributed by atoms with van der Waals surface area (Å²) in [5, 5.41) is 8.79. The largest absolute Gasteiger partial charge is 0.478 e. The van der Waals surface area contributed by atoms with Gasteiger partial charge in [-0.1, -0.05) is 6.42 Å². The molecule has 0 amide bonds. The maximum atomic E-state index is 11.4. The molecule has 1 fully saturated rings. The average molecular weight is 207 g/mol. The molecule has 0 aromatic carbocycles. The molecule has 2 rings (SSSR count). The first kappa shape index (κ1) is 9.96. The van der Waals surface area contributed by atoms with Gasteiger partial charge in [0, 0.05) is 18.8 Å². The normalized spacial score (nSPS) is 16.0. The Kier molecular flexibility index (Phi) is 2.58. The van der Waals surface area contributed by atoms with Crippen molar-refractivity contribution in [1.82, 2.24) is 4.57 Å². The molecule has 4 heteroatoms. The number of rotatable bonds is 3. The second kappa shape index (κ2) is 3.88. The van der Waals surface area contributed by atoms with Crippen molar-refractivity contribution < 1.29 is 9.90 Å². The van der Waals surface area contributed by atoms with Crippen molar-refractivity contribution in [2.24, 2.45) is 5.92 Å². The third-order valence-corrected chi connectivity index (χ3v) is 2.91. The molecule has 1 aliphatic carbocycles. The van der Waals surface area contributed by atoms with Gasteiger partial charge in [-0.15, -0.1) is 0 Å². The van der Waals surface area contributed by atoms with E-state index in [2.05, 4.69) is 0 Å². The van der Waals surface area contributed by atoms with Crippen LogP contribution in [0.3, 0.4) is 0 Å². The van der Waals surface area contributed by atoms with Crippen LogP contribution in [-0.2, 0) is 6.54 Å². The summed E-state index contributed by atoms with van der Waals surface area (Å²) in [6.45, 7) is 0.653. The average Bonchev–Trinajstić information content (AvgIpc) is 2.13. The number of hydrogen-bond donors (Lipinski definition) is 1. The molecule has 15 heavy (non-hydrogen) atoms. The van der Waals surface area contributed by atoms with Crippen LogP contribution < -0.4 is 5.56 Å². The molecular weight excluding hydrogens is 194 g/mol. The van der Waals surface area contributed by atoms with Crippen LogP contribution in [-0.4, -0.2) is 15.6 Å². The fraction of sp³-hybridized carbons (Fsp3) is 0.455. The number of aromatic nitrogens is 1. The van der Waals surface area contributed by atoms with Gasteiger partial charge in [0.25, 0.3) is 5.56 Å². The van der Waals surface area contributed by atoms with Gasteiger partial charge in [-0.3, -0.25) is 4.79 Å². The molecule has 0 aliphatic heterocycles. The van der Waals surface area contributed by atoms with Gasteiger partial charge in [-0.05, 0) is 24.8 Å². The number of nitrogens with zero attached hydrogens (tertiary/aromatic N) is 1. The molecule has 0 bridgehead atoms. The Morgan fingerprint density at radius 3 is 2.73 bits per heavy atom. The predicted octanol–water partition coefficient (Wildman–Crippen LogP) is 1.35. The maximum absolute atomic E-state index is 11.4. The van der Waals surface area contributed by atoms with Crippen molar-refractivity contribution >= 4 is 5.97 Å². The number of carboxylic acid groups (broad SMARTS) is 1. The minimum absolute atomic E-state index is 0.119. The first-order chi connectivity index (χ1) is 7.16. The summed E-state index contributed by atoms with van der Waals surface area (Å²) in [4.78, 5) is 22.2. The Morgan fingerprint density at radius 1 is 1.47 bits per heavy atom. The van der Waals surface area contributed by atoms with E-state index in [9.17, 15) is 9.59 Å². The van der Waals surface area contributed by atoms with Gasteiger partial charge in [0.15, 0.2) is 0 Å². The van der Waals surface area contributed by atoms with Crippen LogP contribution in [0.2, 0.25) is 0 Å². The summed E-state index contributed by atoms with van der Waals surface area (Å²) in [6.07, 6.45) is 4.94. The SMILES string of the molecule is O=C(O)c1ccc(=O)n(CC2CCC2)c1. The fourth-order valence-electron chi connectivity index (χ4n) is 1.75. The van der Waals surface area contributed by atoms with Gasteiger partial charge < -0.3 is 9.67 Å².